The molecule has 0 radical (unpaired) electrons. The molecule has 3 saturated carbocycles. The SMILES string of the molecule is COC(C)(C)c1cc(-n2cc(C(=O)N[C@H]3C[C@H](C(=O)O)C3)c(C)c2CC2CCCCC2)cc(C2(C)CC2)c1. The van der Waals surface area contributed by atoms with Gasteiger partial charge in [0.1, 0.15) is 0 Å². The van der Waals surface area contributed by atoms with Crippen LogP contribution in [0, 0.1) is 18.8 Å². The fourth-order valence-corrected chi connectivity index (χ4v) is 6.26. The number of amides is 1. The molecule has 1 aromatic carbocycles. The third-order valence-electron chi connectivity index (χ3n) is 9.76. The summed E-state index contributed by atoms with van der Waals surface area (Å²) in [6.45, 7) is 8.63. The largest absolute Gasteiger partial charge is 0.481 e. The maximum absolute atomic E-state index is 13.5. The predicted molar refractivity (Wildman–Crippen MR) is 149 cm³/mol. The van der Waals surface area contributed by atoms with Crippen LogP contribution in [0.1, 0.15) is 111 Å². The van der Waals surface area contributed by atoms with Crippen molar-refractivity contribution in [1.29, 1.82) is 0 Å². The quantitative estimate of drug-likeness (QED) is 0.399. The van der Waals surface area contributed by atoms with Gasteiger partial charge in [0.05, 0.1) is 17.1 Å². The number of carbonyl (C=O) groups is 2. The molecular formula is C32H44N2O4. The predicted octanol–water partition coefficient (Wildman–Crippen LogP) is 6.43. The van der Waals surface area contributed by atoms with Crippen LogP contribution >= 0.6 is 0 Å². The van der Waals surface area contributed by atoms with Crippen molar-refractivity contribution in [1.82, 2.24) is 9.88 Å². The Kier molecular flexibility index (Phi) is 7.23. The van der Waals surface area contributed by atoms with E-state index in [0.717, 1.165) is 23.2 Å². The summed E-state index contributed by atoms with van der Waals surface area (Å²) in [7, 11) is 1.76. The number of aliphatic carboxylic acids is 1. The summed E-state index contributed by atoms with van der Waals surface area (Å²) in [4.78, 5) is 24.7. The second-order valence-corrected chi connectivity index (χ2v) is 12.9. The maximum Gasteiger partial charge on any atom is 0.306 e. The van der Waals surface area contributed by atoms with Crippen LogP contribution in [0.15, 0.2) is 24.4 Å². The number of aromatic nitrogens is 1. The molecule has 2 aromatic rings. The molecule has 5 rings (SSSR count). The lowest BCUT2D eigenvalue weighted by Crippen LogP contribution is -2.46. The summed E-state index contributed by atoms with van der Waals surface area (Å²) >= 11 is 0. The lowest BCUT2D eigenvalue weighted by atomic mass is 9.80. The van der Waals surface area contributed by atoms with Gasteiger partial charge in [-0.15, -0.1) is 0 Å². The van der Waals surface area contributed by atoms with Gasteiger partial charge in [0.2, 0.25) is 0 Å². The van der Waals surface area contributed by atoms with Gasteiger partial charge in [-0.3, -0.25) is 9.59 Å². The van der Waals surface area contributed by atoms with Crippen molar-refractivity contribution in [2.75, 3.05) is 7.11 Å². The summed E-state index contributed by atoms with van der Waals surface area (Å²) in [6, 6.07) is 6.78. The van der Waals surface area contributed by atoms with Crippen LogP contribution in [-0.4, -0.2) is 34.7 Å². The highest BCUT2D eigenvalue weighted by atomic mass is 16.5. The average Bonchev–Trinajstić information content (AvgIpc) is 3.55. The van der Waals surface area contributed by atoms with Gasteiger partial charge in [0, 0.05) is 30.7 Å². The molecule has 3 aliphatic carbocycles. The van der Waals surface area contributed by atoms with Crippen LogP contribution in [0.5, 0.6) is 0 Å². The number of ether oxygens (including phenoxy) is 1. The van der Waals surface area contributed by atoms with Crippen molar-refractivity contribution in [3.05, 3.63) is 52.3 Å². The third kappa shape index (κ3) is 5.29. The molecular weight excluding hydrogens is 476 g/mol. The van der Waals surface area contributed by atoms with Gasteiger partial charge in [-0.2, -0.15) is 0 Å². The van der Waals surface area contributed by atoms with Crippen LogP contribution in [0.25, 0.3) is 5.69 Å². The van der Waals surface area contributed by atoms with Crippen LogP contribution in [-0.2, 0) is 27.0 Å². The molecule has 0 aliphatic heterocycles. The van der Waals surface area contributed by atoms with Gasteiger partial charge in [-0.05, 0) is 93.0 Å². The van der Waals surface area contributed by atoms with E-state index in [9.17, 15) is 14.7 Å². The number of hydrogen-bond donors (Lipinski definition) is 2. The van der Waals surface area contributed by atoms with E-state index >= 15 is 0 Å². The first-order chi connectivity index (χ1) is 18.0. The fraction of sp³-hybridized carbons (Fsp3) is 0.625. The number of methoxy groups -OCH3 is 1. The molecule has 1 amide bonds. The molecule has 3 fully saturated rings. The summed E-state index contributed by atoms with van der Waals surface area (Å²) in [5, 5.41) is 12.3. The second kappa shape index (κ2) is 10.2. The Bertz CT molecular complexity index is 1210. The molecule has 6 heteroatoms. The smallest absolute Gasteiger partial charge is 0.306 e. The third-order valence-corrected chi connectivity index (χ3v) is 9.76. The highest BCUT2D eigenvalue weighted by Crippen LogP contribution is 2.49. The first-order valence-electron chi connectivity index (χ1n) is 14.5. The molecule has 1 aromatic heterocycles. The highest BCUT2D eigenvalue weighted by molar-refractivity contribution is 5.96. The Balaban J connectivity index is 1.53. The highest BCUT2D eigenvalue weighted by Gasteiger charge is 2.40. The molecule has 0 saturated heterocycles. The van der Waals surface area contributed by atoms with E-state index in [1.165, 1.54) is 56.2 Å². The molecule has 38 heavy (non-hydrogen) atoms. The zero-order valence-electron chi connectivity index (χ0n) is 23.7. The molecule has 6 nitrogen and oxygen atoms in total. The minimum absolute atomic E-state index is 0.0691. The summed E-state index contributed by atoms with van der Waals surface area (Å²) in [6.07, 6.45) is 12.7. The van der Waals surface area contributed by atoms with Crippen molar-refractivity contribution in [2.45, 2.75) is 109 Å². The van der Waals surface area contributed by atoms with E-state index < -0.39 is 11.6 Å². The van der Waals surface area contributed by atoms with E-state index in [1.54, 1.807) is 7.11 Å². The monoisotopic (exact) mass is 520 g/mol. The van der Waals surface area contributed by atoms with E-state index in [2.05, 4.69) is 55.8 Å². The van der Waals surface area contributed by atoms with Crippen LogP contribution in [0.2, 0.25) is 0 Å². The van der Waals surface area contributed by atoms with E-state index in [-0.39, 0.29) is 23.3 Å². The van der Waals surface area contributed by atoms with E-state index in [4.69, 9.17) is 4.74 Å². The van der Waals surface area contributed by atoms with Crippen molar-refractivity contribution in [3.8, 4) is 5.69 Å². The molecule has 0 atom stereocenters. The van der Waals surface area contributed by atoms with Crippen LogP contribution in [0.4, 0.5) is 0 Å². The zero-order valence-corrected chi connectivity index (χ0v) is 23.7. The summed E-state index contributed by atoms with van der Waals surface area (Å²) < 4.78 is 8.16. The van der Waals surface area contributed by atoms with Gasteiger partial charge in [-0.25, -0.2) is 0 Å². The molecule has 2 N–H and O–H groups in total. The Morgan fingerprint density at radius 1 is 1.13 bits per heavy atom. The van der Waals surface area contributed by atoms with Gasteiger partial charge >= 0.3 is 5.97 Å². The number of carboxylic acid groups (broad SMARTS) is 1. The Morgan fingerprint density at radius 2 is 1.82 bits per heavy atom. The molecule has 1 heterocycles. The second-order valence-electron chi connectivity index (χ2n) is 12.9. The van der Waals surface area contributed by atoms with E-state index in [1.807, 2.05) is 6.20 Å². The molecule has 0 spiro atoms. The first kappa shape index (κ1) is 27.0. The van der Waals surface area contributed by atoms with Crippen LogP contribution in [0.3, 0.4) is 0 Å². The van der Waals surface area contributed by atoms with Gasteiger partial charge in [0.15, 0.2) is 0 Å². The van der Waals surface area contributed by atoms with Crippen molar-refractivity contribution in [3.63, 3.8) is 0 Å². The van der Waals surface area contributed by atoms with Gasteiger partial charge in [-0.1, -0.05) is 45.1 Å². The van der Waals surface area contributed by atoms with Gasteiger partial charge in [0.25, 0.3) is 5.91 Å². The number of rotatable bonds is 9. The normalized spacial score (nSPS) is 23.1. The number of nitrogens with zero attached hydrogens (tertiary/aromatic N) is 1. The molecule has 206 valence electrons. The summed E-state index contributed by atoms with van der Waals surface area (Å²) in [5.74, 6) is -0.578. The van der Waals surface area contributed by atoms with Crippen molar-refractivity contribution >= 4 is 11.9 Å². The van der Waals surface area contributed by atoms with Crippen LogP contribution < -0.4 is 5.32 Å². The lowest BCUT2D eigenvalue weighted by Gasteiger charge is -2.32. The van der Waals surface area contributed by atoms with Crippen molar-refractivity contribution in [2.24, 2.45) is 11.8 Å². The lowest BCUT2D eigenvalue weighted by molar-refractivity contribution is -0.145. The molecule has 0 bridgehead atoms. The Morgan fingerprint density at radius 3 is 2.42 bits per heavy atom. The Hall–Kier alpha value is -2.60. The topological polar surface area (TPSA) is 80.6 Å². The van der Waals surface area contributed by atoms with E-state index in [0.29, 0.717) is 24.3 Å². The molecule has 3 aliphatic rings. The number of nitrogens with one attached hydrogen (secondary N) is 1. The first-order valence-corrected chi connectivity index (χ1v) is 14.5. The standard InChI is InChI=1S/C32H44N2O4/c1-20-27(29(35)33-25-14-22(15-25)30(36)37)19-34(28(20)13-21-9-7-6-8-10-21)26-17-23(31(2,3)38-5)16-24(18-26)32(4)11-12-32/h16-19,21-22,25H,6-15H2,1-5H3,(H,33,35)(H,36,37)/t22-,25-. The zero-order chi connectivity index (χ0) is 27.2. The number of carbonyl (C=O) groups excluding carboxylic acids is 1. The fourth-order valence-electron chi connectivity index (χ4n) is 6.26. The van der Waals surface area contributed by atoms with Crippen molar-refractivity contribution < 1.29 is 19.4 Å². The Labute approximate surface area is 227 Å². The summed E-state index contributed by atoms with van der Waals surface area (Å²) in [5.41, 5.74) is 6.32. The maximum atomic E-state index is 13.5. The number of hydrogen-bond acceptors (Lipinski definition) is 3. The minimum Gasteiger partial charge on any atom is -0.481 e. The number of carboxylic acids is 1. The van der Waals surface area contributed by atoms with Gasteiger partial charge < -0.3 is 19.7 Å². The molecule has 0 unspecified atom stereocenters. The minimum atomic E-state index is -0.772. The average molecular weight is 521 g/mol. The number of benzene rings is 1.